The van der Waals surface area contributed by atoms with Crippen molar-refractivity contribution in [3.05, 3.63) is 12.3 Å². The first-order valence-corrected chi connectivity index (χ1v) is 6.69. The summed E-state index contributed by atoms with van der Waals surface area (Å²) in [4.78, 5) is 0.223. The molecular formula is C8H12N4O2S2. The quantitative estimate of drug-likeness (QED) is 0.737. The Balaban J connectivity index is 2.34. The lowest BCUT2D eigenvalue weighted by Gasteiger charge is -2.21. The normalized spacial score (nSPS) is 22.4. The standard InChI is InChI=1S/C8H12N4O2S2/c9-8(15)6-2-1-5-12(6)16(13,14)7-3-4-10-11-7/h3-4,6H,1-2,5H2,(H2,9,15)(H,10,11). The largest absolute Gasteiger partial charge is 0.392 e. The van der Waals surface area contributed by atoms with Gasteiger partial charge >= 0.3 is 0 Å². The van der Waals surface area contributed by atoms with E-state index in [1.807, 2.05) is 0 Å². The first-order chi connectivity index (χ1) is 7.53. The number of H-pyrrole nitrogens is 1. The minimum Gasteiger partial charge on any atom is -0.392 e. The highest BCUT2D eigenvalue weighted by molar-refractivity contribution is 7.89. The Labute approximate surface area is 98.9 Å². The molecule has 0 aromatic carbocycles. The van der Waals surface area contributed by atoms with Crippen molar-refractivity contribution in [1.82, 2.24) is 14.5 Å². The van der Waals surface area contributed by atoms with Crippen molar-refractivity contribution in [3.8, 4) is 0 Å². The van der Waals surface area contributed by atoms with Gasteiger partial charge in [0.05, 0.1) is 17.2 Å². The van der Waals surface area contributed by atoms with Gasteiger partial charge in [0.1, 0.15) is 0 Å². The molecule has 0 radical (unpaired) electrons. The number of aromatic nitrogens is 2. The predicted molar refractivity (Wildman–Crippen MR) is 62.3 cm³/mol. The minimum atomic E-state index is -3.54. The van der Waals surface area contributed by atoms with Gasteiger partial charge in [0.25, 0.3) is 10.0 Å². The summed E-state index contributed by atoms with van der Waals surface area (Å²) >= 11 is 4.88. The fourth-order valence-electron chi connectivity index (χ4n) is 1.83. The summed E-state index contributed by atoms with van der Waals surface area (Å²) in [5.41, 5.74) is 5.54. The lowest BCUT2D eigenvalue weighted by Crippen LogP contribution is -2.42. The van der Waals surface area contributed by atoms with Crippen molar-refractivity contribution in [2.75, 3.05) is 6.54 Å². The van der Waals surface area contributed by atoms with Crippen LogP contribution in [-0.2, 0) is 10.0 Å². The van der Waals surface area contributed by atoms with Crippen LogP contribution in [-0.4, -0.2) is 40.5 Å². The molecule has 1 saturated heterocycles. The average molecular weight is 260 g/mol. The number of nitrogens with two attached hydrogens (primary N) is 1. The summed E-state index contributed by atoms with van der Waals surface area (Å²) in [6.07, 6.45) is 2.86. The van der Waals surface area contributed by atoms with E-state index in [0.29, 0.717) is 13.0 Å². The molecule has 1 fully saturated rings. The highest BCUT2D eigenvalue weighted by Gasteiger charge is 2.37. The molecule has 2 rings (SSSR count). The van der Waals surface area contributed by atoms with Crippen LogP contribution in [0, 0.1) is 0 Å². The van der Waals surface area contributed by atoms with E-state index in [9.17, 15) is 8.42 Å². The van der Waals surface area contributed by atoms with Gasteiger partial charge in [0, 0.05) is 6.54 Å². The fraction of sp³-hybridized carbons (Fsp3) is 0.500. The highest BCUT2D eigenvalue weighted by Crippen LogP contribution is 2.24. The zero-order chi connectivity index (χ0) is 11.8. The number of sulfonamides is 1. The van der Waals surface area contributed by atoms with Crippen molar-refractivity contribution in [3.63, 3.8) is 0 Å². The number of aromatic amines is 1. The van der Waals surface area contributed by atoms with Crippen LogP contribution >= 0.6 is 12.2 Å². The second kappa shape index (κ2) is 4.11. The minimum absolute atomic E-state index is 0.0793. The number of thiocarbonyl (C=S) groups is 1. The van der Waals surface area contributed by atoms with Gasteiger partial charge in [-0.05, 0) is 18.9 Å². The van der Waals surface area contributed by atoms with Crippen molar-refractivity contribution < 1.29 is 8.42 Å². The van der Waals surface area contributed by atoms with Crippen LogP contribution in [0.3, 0.4) is 0 Å². The molecule has 0 aliphatic carbocycles. The first-order valence-electron chi connectivity index (χ1n) is 4.84. The first kappa shape index (κ1) is 11.5. The molecule has 1 aliphatic heterocycles. The number of rotatable bonds is 3. The maximum absolute atomic E-state index is 12.1. The smallest absolute Gasteiger partial charge is 0.260 e. The molecule has 0 saturated carbocycles. The van der Waals surface area contributed by atoms with Crippen LogP contribution in [0.4, 0.5) is 0 Å². The van der Waals surface area contributed by atoms with Gasteiger partial charge in [-0.1, -0.05) is 12.2 Å². The third kappa shape index (κ3) is 1.83. The zero-order valence-electron chi connectivity index (χ0n) is 8.46. The third-order valence-electron chi connectivity index (χ3n) is 2.59. The maximum atomic E-state index is 12.1. The summed E-state index contributed by atoms with van der Waals surface area (Å²) in [5, 5.41) is 6.16. The lowest BCUT2D eigenvalue weighted by molar-refractivity contribution is 0.443. The Bertz CT molecular complexity index is 482. The van der Waals surface area contributed by atoms with E-state index >= 15 is 0 Å². The zero-order valence-corrected chi connectivity index (χ0v) is 10.1. The van der Waals surface area contributed by atoms with E-state index < -0.39 is 10.0 Å². The summed E-state index contributed by atoms with van der Waals surface area (Å²) in [7, 11) is -3.54. The van der Waals surface area contributed by atoms with Gasteiger partial charge in [-0.2, -0.15) is 9.40 Å². The van der Waals surface area contributed by atoms with Gasteiger partial charge in [-0.15, -0.1) is 0 Å². The van der Waals surface area contributed by atoms with E-state index in [1.165, 1.54) is 16.6 Å². The predicted octanol–water partition coefficient (Wildman–Crippen LogP) is -0.151. The Morgan fingerprint density at radius 2 is 2.44 bits per heavy atom. The van der Waals surface area contributed by atoms with Crippen molar-refractivity contribution in [1.29, 1.82) is 0 Å². The number of hydrogen-bond donors (Lipinski definition) is 2. The Kier molecular flexibility index (Phi) is 2.96. The SMILES string of the molecule is NC(=S)C1CCCN1S(=O)(=O)c1ccn[nH]1. The number of hydrogen-bond acceptors (Lipinski definition) is 4. The van der Waals surface area contributed by atoms with Crippen LogP contribution in [0.25, 0.3) is 0 Å². The molecular weight excluding hydrogens is 248 g/mol. The van der Waals surface area contributed by atoms with Crippen LogP contribution in [0.15, 0.2) is 17.3 Å². The van der Waals surface area contributed by atoms with Gasteiger partial charge in [-0.3, -0.25) is 5.10 Å². The fourth-order valence-corrected chi connectivity index (χ4v) is 3.71. The second-order valence-corrected chi connectivity index (χ2v) is 5.93. The van der Waals surface area contributed by atoms with Gasteiger partial charge < -0.3 is 5.73 Å². The molecule has 1 aromatic heterocycles. The van der Waals surface area contributed by atoms with Crippen LogP contribution in [0.2, 0.25) is 0 Å². The molecule has 6 nitrogen and oxygen atoms in total. The summed E-state index contributed by atoms with van der Waals surface area (Å²) in [5.74, 6) is 0. The Morgan fingerprint density at radius 3 is 3.00 bits per heavy atom. The molecule has 88 valence electrons. The summed E-state index contributed by atoms with van der Waals surface area (Å²) in [6.45, 7) is 0.448. The van der Waals surface area contributed by atoms with Gasteiger partial charge in [0.2, 0.25) is 0 Å². The van der Waals surface area contributed by atoms with Gasteiger partial charge in [-0.25, -0.2) is 8.42 Å². The molecule has 0 bridgehead atoms. The molecule has 0 spiro atoms. The van der Waals surface area contributed by atoms with Crippen LogP contribution in [0.5, 0.6) is 0 Å². The van der Waals surface area contributed by atoms with E-state index in [-0.39, 0.29) is 16.1 Å². The molecule has 1 unspecified atom stereocenters. The molecule has 0 amide bonds. The molecule has 1 aliphatic rings. The summed E-state index contributed by atoms with van der Waals surface area (Å²) < 4.78 is 25.6. The van der Waals surface area contributed by atoms with E-state index in [2.05, 4.69) is 10.2 Å². The molecule has 3 N–H and O–H groups in total. The third-order valence-corrected chi connectivity index (χ3v) is 4.70. The van der Waals surface area contributed by atoms with E-state index in [0.717, 1.165) is 6.42 Å². The average Bonchev–Trinajstić information content (AvgIpc) is 2.89. The van der Waals surface area contributed by atoms with Crippen molar-refractivity contribution >= 4 is 27.2 Å². The van der Waals surface area contributed by atoms with E-state index in [4.69, 9.17) is 18.0 Å². The van der Waals surface area contributed by atoms with E-state index in [1.54, 1.807) is 0 Å². The van der Waals surface area contributed by atoms with Gasteiger partial charge in [0.15, 0.2) is 5.03 Å². The van der Waals surface area contributed by atoms with Crippen molar-refractivity contribution in [2.24, 2.45) is 5.73 Å². The molecule has 16 heavy (non-hydrogen) atoms. The number of nitrogens with zero attached hydrogens (tertiary/aromatic N) is 2. The van der Waals surface area contributed by atoms with Crippen LogP contribution < -0.4 is 5.73 Å². The monoisotopic (exact) mass is 260 g/mol. The second-order valence-electron chi connectivity index (χ2n) is 3.60. The molecule has 1 atom stereocenters. The van der Waals surface area contributed by atoms with Crippen molar-refractivity contribution in [2.45, 2.75) is 23.9 Å². The molecule has 8 heteroatoms. The topological polar surface area (TPSA) is 92.1 Å². The Morgan fingerprint density at radius 1 is 1.69 bits per heavy atom. The number of nitrogens with one attached hydrogen (secondary N) is 1. The summed E-state index contributed by atoms with van der Waals surface area (Å²) in [6, 6.07) is 1.05. The van der Waals surface area contributed by atoms with Crippen LogP contribution in [0.1, 0.15) is 12.8 Å². The Hall–Kier alpha value is -0.990. The lowest BCUT2D eigenvalue weighted by atomic mass is 10.2. The maximum Gasteiger partial charge on any atom is 0.260 e. The highest BCUT2D eigenvalue weighted by atomic mass is 32.2. The molecule has 2 heterocycles. The molecule has 1 aromatic rings.